The molecule has 3 aliphatic carbocycles. The van der Waals surface area contributed by atoms with E-state index in [0.29, 0.717) is 128 Å². The minimum Gasteiger partial charge on any atom is -0.490 e. The second kappa shape index (κ2) is 47.7. The van der Waals surface area contributed by atoms with Crippen molar-refractivity contribution in [2.75, 3.05) is 77.5 Å². The summed E-state index contributed by atoms with van der Waals surface area (Å²) in [5.74, 6) is 5.68. The number of ether oxygens (including phenoxy) is 7. The first-order chi connectivity index (χ1) is 52.9. The predicted molar refractivity (Wildman–Crippen MR) is 431 cm³/mol. The number of methoxy groups -OCH3 is 4. The molecule has 3 aromatic heterocycles. The molecule has 3 saturated heterocycles. The average Bonchev–Trinajstić information content (AvgIpc) is 0.819. The second-order valence-corrected chi connectivity index (χ2v) is 45.7. The van der Waals surface area contributed by atoms with Gasteiger partial charge in [-0.1, -0.05) is 46.4 Å². The number of Topliss-reactive ketones (excluding diaryl/α,β-unsaturated/α-hetero) is 3. The first kappa shape index (κ1) is 88.8. The van der Waals surface area contributed by atoms with E-state index >= 15 is 0 Å². The molecule has 3 aromatic carbocycles. The molecule has 0 radical (unpaired) electrons. The largest absolute Gasteiger partial charge is 0.490 e. The Morgan fingerprint density at radius 2 is 0.789 bits per heavy atom. The molecule has 0 amide bonds. The number of aldehydes is 1. The molecule has 586 valence electrons. The summed E-state index contributed by atoms with van der Waals surface area (Å²) in [5, 5.41) is 56.3. The number of piperidine rings is 3. The van der Waals surface area contributed by atoms with Crippen LogP contribution in [-0.2, 0) is 23.7 Å². The summed E-state index contributed by atoms with van der Waals surface area (Å²) in [6, 6.07) is 32.0. The first-order valence-corrected chi connectivity index (χ1v) is 51.0. The zero-order chi connectivity index (χ0) is 78.0. The Hall–Kier alpha value is -5.80. The number of hydrogen-bond donors (Lipinski definition) is 1. The molecule has 0 bridgehead atoms. The van der Waals surface area contributed by atoms with Crippen LogP contribution in [0.4, 0.5) is 11.6 Å². The maximum atomic E-state index is 12.8. The summed E-state index contributed by atoms with van der Waals surface area (Å²) < 4.78 is 39.2. The number of nitrogens with one attached hydrogen (secondary N) is 1. The molecular weight excluding hydrogens is 1820 g/mol. The van der Waals surface area contributed by atoms with E-state index in [4.69, 9.17) is 95.3 Å². The Labute approximate surface area is 689 Å². The van der Waals surface area contributed by atoms with E-state index in [0.717, 1.165) is 173 Å². The number of nitriles is 3. The van der Waals surface area contributed by atoms with Gasteiger partial charge in [-0.2, -0.15) is 15.8 Å². The number of halogens is 7. The van der Waals surface area contributed by atoms with Gasteiger partial charge in [0.25, 0.3) is 0 Å². The van der Waals surface area contributed by atoms with Crippen LogP contribution in [0.1, 0.15) is 183 Å². The zero-order valence-corrected chi connectivity index (χ0v) is 71.2. The first-order valence-electron chi connectivity index (χ1n) is 36.9. The Balaban J connectivity index is 0.000000190. The molecule has 109 heavy (non-hydrogen) atoms. The van der Waals surface area contributed by atoms with Gasteiger partial charge in [-0.15, -0.1) is 30.6 Å². The molecule has 6 heterocycles. The van der Waals surface area contributed by atoms with Crippen LogP contribution < -0.4 is 42.6 Å². The van der Waals surface area contributed by atoms with Gasteiger partial charge in [0.1, 0.15) is 58.8 Å². The summed E-state index contributed by atoms with van der Waals surface area (Å²) in [6.45, 7) is 5.46. The van der Waals surface area contributed by atoms with Gasteiger partial charge < -0.3 is 53.1 Å². The quantitative estimate of drug-likeness (QED) is 0.0255. The van der Waals surface area contributed by atoms with Crippen LogP contribution in [0.2, 0.25) is 20.2 Å². The van der Waals surface area contributed by atoms with Crippen molar-refractivity contribution in [1.82, 2.24) is 35.9 Å². The zero-order valence-electron chi connectivity index (χ0n) is 61.7. The van der Waals surface area contributed by atoms with Gasteiger partial charge in [0.15, 0.2) is 46.7 Å². The molecule has 0 spiro atoms. The van der Waals surface area contributed by atoms with E-state index in [2.05, 4.69) is 89.0 Å². The number of carbonyl (C=O) groups excluding carboxylic acids is 4. The fraction of sp³-hybridized carbons (Fsp3) is 0.532. The molecule has 3 aliphatic heterocycles. The van der Waals surface area contributed by atoms with Crippen LogP contribution in [0.3, 0.4) is 0 Å². The van der Waals surface area contributed by atoms with E-state index in [9.17, 15) is 19.2 Å². The maximum Gasteiger partial charge on any atom is 0.183 e. The van der Waals surface area contributed by atoms with Crippen LogP contribution in [0, 0.1) is 69.5 Å². The average molecular weight is 1910 g/mol. The van der Waals surface area contributed by atoms with E-state index < -0.39 is 0 Å². The second-order valence-electron chi connectivity index (χ2n) is 27.8. The summed E-state index contributed by atoms with van der Waals surface area (Å²) in [5.41, 5.74) is 2.51. The number of carbonyl (C=O) groups is 4. The van der Waals surface area contributed by atoms with Crippen molar-refractivity contribution in [2.45, 2.75) is 166 Å². The molecule has 12 rings (SSSR count). The van der Waals surface area contributed by atoms with Crippen molar-refractivity contribution in [3.05, 3.63) is 145 Å². The van der Waals surface area contributed by atoms with Crippen LogP contribution in [-0.4, -0.2) is 153 Å². The Bertz CT molecular complexity index is 3940. The molecule has 6 aliphatic rings. The standard InChI is InChI=1S/C27H33ClN4O4.C25H27ClN4O3.C19H17Cl2N3O2.C8H17NO2.I3/c1-34-27(35-2)19-11-13-32(14-12-19)26-10-9-24(30-31-26)25(33)15-18-3-6-21(7-4-18)36-22-8-5-20(17-29)23(28)16-22;26-22-14-21(6-3-19(22)15-27)33-20-4-1-17(2-5-20)13-24(32)23-7-8-25(29-28-23)30-11-9-18(16-31)10-12-30;20-16-10-15(6-3-13(16)11-22)26-14-4-1-12(2-5-14)9-18(25)17-7-8-19(21)24-23-17;1-10-8(11-2)7-3-5-9-6-4-7;1-3-2/h5,8-10,16,18-19,21,27H,3-4,6-7,11-15H2,1-2H3;3,6-8,14,16-18,20H,1-2,4-5,9-13H2;3,6-8,10,12,14H,1-2,4-5,9H2;7-9H,3-6H2,1-2H3;/q;;;;-1. The minimum absolute atomic E-state index is 0.00240. The fourth-order valence-electron chi connectivity index (χ4n) is 14.5. The molecule has 1 N–H and O–H groups in total. The van der Waals surface area contributed by atoms with Crippen molar-refractivity contribution in [3.63, 3.8) is 0 Å². The smallest absolute Gasteiger partial charge is 0.183 e. The van der Waals surface area contributed by atoms with Gasteiger partial charge in [0, 0.05) is 110 Å². The van der Waals surface area contributed by atoms with E-state index in [1.165, 1.54) is 0 Å². The molecule has 30 heteroatoms. The van der Waals surface area contributed by atoms with E-state index in [1.807, 2.05) is 24.3 Å². The van der Waals surface area contributed by atoms with Crippen molar-refractivity contribution >= 4 is 119 Å². The molecule has 23 nitrogen and oxygen atoms in total. The number of nitrogens with zero attached hydrogens (tertiary/aromatic N) is 11. The Morgan fingerprint density at radius 3 is 1.07 bits per heavy atom. The van der Waals surface area contributed by atoms with Crippen molar-refractivity contribution in [1.29, 1.82) is 15.8 Å². The monoisotopic (exact) mass is 1910 g/mol. The summed E-state index contributed by atoms with van der Waals surface area (Å²) in [6.07, 6.45) is 19.2. The summed E-state index contributed by atoms with van der Waals surface area (Å²) >= 11 is 29.2. The number of rotatable bonds is 24. The predicted octanol–water partition coefficient (Wildman–Crippen LogP) is 13.9. The topological polar surface area (TPSA) is 300 Å². The van der Waals surface area contributed by atoms with Crippen molar-refractivity contribution < 1.29 is 65.6 Å². The maximum absolute atomic E-state index is 12.8. The normalized spacial score (nSPS) is 20.3. The molecule has 0 unspecified atom stereocenters. The number of ketones is 3. The van der Waals surface area contributed by atoms with Crippen molar-refractivity contribution in [3.8, 4) is 35.5 Å². The summed E-state index contributed by atoms with van der Waals surface area (Å²) in [4.78, 5) is 53.1. The Kier molecular flexibility index (Phi) is 38.8. The number of hydrogen-bond acceptors (Lipinski definition) is 23. The van der Waals surface area contributed by atoms with Gasteiger partial charge >= 0.3 is 50.5 Å². The summed E-state index contributed by atoms with van der Waals surface area (Å²) in [7, 11) is 6.76. The third kappa shape index (κ3) is 28.7. The number of anilines is 2. The SMILES string of the molecule is COC(OC)C1CCN(c2ccc(C(=O)CC3CCC(Oc4ccc(C#N)c(Cl)c4)CC3)nn2)CC1.COC(OC)C1CCNCC1.I[I-]I.N#Cc1ccc(OC2CCC(CC(=O)c3ccc(Cl)nn3)CC2)cc1Cl.N#Cc1ccc(OC2CCC(CC(=O)c3ccc(N4CCC(C=O)CC4)nn3)CC2)cc1Cl. The van der Waals surface area contributed by atoms with Crippen LogP contribution in [0.15, 0.2) is 91.0 Å². The third-order valence-electron chi connectivity index (χ3n) is 20.7. The van der Waals surface area contributed by atoms with E-state index in [-0.39, 0.29) is 59.3 Å². The van der Waals surface area contributed by atoms with Crippen LogP contribution in [0.5, 0.6) is 17.2 Å². The van der Waals surface area contributed by atoms with Gasteiger partial charge in [-0.05, 0) is 219 Å². The van der Waals surface area contributed by atoms with Gasteiger partial charge in [0.05, 0.1) is 50.1 Å². The van der Waals surface area contributed by atoms with Gasteiger partial charge in [-0.25, -0.2) is 0 Å². The Morgan fingerprint density at radius 1 is 0.468 bits per heavy atom. The molecule has 3 saturated carbocycles. The van der Waals surface area contributed by atoms with E-state index in [1.54, 1.807) is 107 Å². The number of aromatic nitrogens is 6. The molecule has 6 aromatic rings. The fourth-order valence-corrected chi connectivity index (χ4v) is 15.3. The molecular formula is C79H94Cl4I3N12O11-. The number of benzene rings is 3. The minimum atomic E-state index is -0.172. The van der Waals surface area contributed by atoms with Gasteiger partial charge in [-0.3, -0.25) is 14.4 Å². The third-order valence-corrected chi connectivity index (χ3v) is 21.8. The van der Waals surface area contributed by atoms with Crippen LogP contribution >= 0.6 is 83.6 Å². The molecule has 0 atom stereocenters. The van der Waals surface area contributed by atoms with Crippen molar-refractivity contribution in [2.24, 2.45) is 35.5 Å². The molecule has 6 fully saturated rings. The van der Waals surface area contributed by atoms with Gasteiger partial charge in [0.2, 0.25) is 0 Å². The van der Waals surface area contributed by atoms with Crippen LogP contribution in [0.25, 0.3) is 0 Å².